The predicted octanol–water partition coefficient (Wildman–Crippen LogP) is 1.53. The van der Waals surface area contributed by atoms with Crippen LogP contribution < -0.4 is 4.90 Å². The summed E-state index contributed by atoms with van der Waals surface area (Å²) in [6.07, 6.45) is 2.98. The molecule has 1 saturated carbocycles. The zero-order valence-corrected chi connectivity index (χ0v) is 14.7. The smallest absolute Gasteiger partial charge is 0.258 e. The van der Waals surface area contributed by atoms with E-state index in [0.29, 0.717) is 11.2 Å². The van der Waals surface area contributed by atoms with Crippen LogP contribution in [0.25, 0.3) is 11.2 Å². The second-order valence-electron chi connectivity index (χ2n) is 7.95. The van der Waals surface area contributed by atoms with Crippen LogP contribution in [0.15, 0.2) is 12.4 Å². The van der Waals surface area contributed by atoms with Gasteiger partial charge < -0.3 is 9.64 Å². The molecular weight excluding hydrogens is 342 g/mol. The maximum Gasteiger partial charge on any atom is 0.258 e. The number of hydrogen-bond acceptors (Lipinski definition) is 6. The van der Waals surface area contributed by atoms with E-state index in [0.717, 1.165) is 51.4 Å². The summed E-state index contributed by atoms with van der Waals surface area (Å²) < 4.78 is 32.6. The van der Waals surface area contributed by atoms with Crippen molar-refractivity contribution in [3.8, 4) is 0 Å². The molecule has 3 aliphatic heterocycles. The second kappa shape index (κ2) is 5.56. The molecule has 2 aromatic heterocycles. The molecule has 9 heteroatoms. The van der Waals surface area contributed by atoms with Gasteiger partial charge in [0.1, 0.15) is 17.9 Å². The van der Waals surface area contributed by atoms with Gasteiger partial charge in [-0.25, -0.2) is 23.4 Å². The third-order valence-electron chi connectivity index (χ3n) is 6.01. The Balaban J connectivity index is 1.30. The van der Waals surface area contributed by atoms with Crippen LogP contribution in [0.5, 0.6) is 0 Å². The fourth-order valence-electron chi connectivity index (χ4n) is 4.83. The molecule has 26 heavy (non-hydrogen) atoms. The number of ether oxygens (including phenoxy) is 1. The lowest BCUT2D eigenvalue weighted by Gasteiger charge is -2.52. The van der Waals surface area contributed by atoms with Crippen LogP contribution in [0.4, 0.5) is 14.6 Å². The minimum atomic E-state index is -2.46. The lowest BCUT2D eigenvalue weighted by atomic mass is 9.68. The molecule has 0 aromatic carbocycles. The highest BCUT2D eigenvalue weighted by Crippen LogP contribution is 2.54. The van der Waals surface area contributed by atoms with E-state index in [4.69, 9.17) is 4.74 Å². The minimum absolute atomic E-state index is 0.0940. The molecule has 2 aromatic rings. The van der Waals surface area contributed by atoms with Gasteiger partial charge in [-0.3, -0.25) is 4.90 Å². The van der Waals surface area contributed by atoms with Gasteiger partial charge in [0.2, 0.25) is 0 Å². The standard InChI is InChI=1S/C17H22F2N6O/c1-16-9-17(10-16,11-26-16)24-4-2-23(3-5-24)14-7-20-12-6-21-25(8-13(18)19)15(12)22-14/h6-7,13H,2-5,8-11H2,1H3. The molecule has 4 fully saturated rings. The zero-order chi connectivity index (χ0) is 17.9. The van der Waals surface area contributed by atoms with Crippen LogP contribution in [0.1, 0.15) is 19.8 Å². The summed E-state index contributed by atoms with van der Waals surface area (Å²) in [5, 5.41) is 3.98. The van der Waals surface area contributed by atoms with Gasteiger partial charge in [0.15, 0.2) is 5.65 Å². The van der Waals surface area contributed by atoms with Crippen LogP contribution >= 0.6 is 0 Å². The van der Waals surface area contributed by atoms with E-state index < -0.39 is 13.0 Å². The van der Waals surface area contributed by atoms with Crippen molar-refractivity contribution >= 4 is 17.0 Å². The largest absolute Gasteiger partial charge is 0.373 e. The Morgan fingerprint density at radius 2 is 1.96 bits per heavy atom. The van der Waals surface area contributed by atoms with E-state index in [1.165, 1.54) is 10.9 Å². The van der Waals surface area contributed by atoms with Crippen molar-refractivity contribution in [2.45, 2.75) is 43.9 Å². The Morgan fingerprint density at radius 3 is 2.62 bits per heavy atom. The van der Waals surface area contributed by atoms with Gasteiger partial charge in [-0.1, -0.05) is 0 Å². The Morgan fingerprint density at radius 1 is 1.19 bits per heavy atom. The summed E-state index contributed by atoms with van der Waals surface area (Å²) in [5.41, 5.74) is 1.29. The number of aromatic nitrogens is 4. The Labute approximate surface area is 149 Å². The number of piperazine rings is 1. The molecule has 3 saturated heterocycles. The third-order valence-corrected chi connectivity index (χ3v) is 6.01. The summed E-state index contributed by atoms with van der Waals surface area (Å²) in [5.74, 6) is 0.729. The van der Waals surface area contributed by atoms with Crippen LogP contribution in [-0.4, -0.2) is 75.0 Å². The SMILES string of the molecule is CC12CC(N3CCN(c4cnc5cnn(CC(F)F)c5n4)CC3)(CO1)C2. The van der Waals surface area contributed by atoms with Crippen molar-refractivity contribution < 1.29 is 13.5 Å². The number of anilines is 1. The van der Waals surface area contributed by atoms with Crippen LogP contribution in [0, 0.1) is 0 Å². The molecule has 0 atom stereocenters. The van der Waals surface area contributed by atoms with Gasteiger partial charge >= 0.3 is 0 Å². The molecule has 0 spiro atoms. The fraction of sp³-hybridized carbons (Fsp3) is 0.706. The molecule has 140 valence electrons. The van der Waals surface area contributed by atoms with Gasteiger partial charge in [0, 0.05) is 31.7 Å². The lowest BCUT2D eigenvalue weighted by molar-refractivity contribution is -0.0225. The lowest BCUT2D eigenvalue weighted by Crippen LogP contribution is -2.63. The highest BCUT2D eigenvalue weighted by molar-refractivity contribution is 5.71. The van der Waals surface area contributed by atoms with Gasteiger partial charge in [0.05, 0.1) is 24.6 Å². The Hall–Kier alpha value is -1.87. The second-order valence-corrected chi connectivity index (χ2v) is 7.95. The summed E-state index contributed by atoms with van der Waals surface area (Å²) in [6.45, 7) is 6.18. The number of hydrogen-bond donors (Lipinski definition) is 0. The number of halogens is 2. The molecule has 2 bridgehead atoms. The number of fused-ring (bicyclic) bond motifs is 2. The van der Waals surface area contributed by atoms with Crippen LogP contribution in [0.3, 0.4) is 0 Å². The van der Waals surface area contributed by atoms with Gasteiger partial charge in [-0.05, 0) is 19.8 Å². The van der Waals surface area contributed by atoms with Crippen LogP contribution in [0.2, 0.25) is 0 Å². The average molecular weight is 364 g/mol. The molecule has 5 heterocycles. The average Bonchev–Trinajstić information content (AvgIpc) is 3.26. The molecular formula is C17H22F2N6O. The van der Waals surface area contributed by atoms with E-state index in [1.807, 2.05) is 0 Å². The molecule has 0 amide bonds. The van der Waals surface area contributed by atoms with Gasteiger partial charge in [-0.15, -0.1) is 0 Å². The molecule has 7 nitrogen and oxygen atoms in total. The number of nitrogens with zero attached hydrogens (tertiary/aromatic N) is 6. The van der Waals surface area contributed by atoms with E-state index in [9.17, 15) is 8.78 Å². The predicted molar refractivity (Wildman–Crippen MR) is 91.4 cm³/mol. The summed E-state index contributed by atoms with van der Waals surface area (Å²) >= 11 is 0. The first-order valence-corrected chi connectivity index (χ1v) is 9.07. The molecule has 0 radical (unpaired) electrons. The van der Waals surface area contributed by atoms with Crippen molar-refractivity contribution in [2.24, 2.45) is 0 Å². The van der Waals surface area contributed by atoms with Crippen molar-refractivity contribution in [3.63, 3.8) is 0 Å². The van der Waals surface area contributed by atoms with Crippen molar-refractivity contribution in [1.82, 2.24) is 24.6 Å². The Kier molecular flexibility index (Phi) is 3.49. The number of rotatable bonds is 4. The normalized spacial score (nSPS) is 31.8. The van der Waals surface area contributed by atoms with E-state index in [1.54, 1.807) is 6.20 Å². The highest BCUT2D eigenvalue weighted by Gasteiger charge is 2.62. The fourth-order valence-corrected chi connectivity index (χ4v) is 4.83. The van der Waals surface area contributed by atoms with Crippen molar-refractivity contribution in [2.75, 3.05) is 37.7 Å². The van der Waals surface area contributed by atoms with Gasteiger partial charge in [-0.2, -0.15) is 5.10 Å². The van der Waals surface area contributed by atoms with Gasteiger partial charge in [0.25, 0.3) is 6.43 Å². The zero-order valence-electron chi connectivity index (χ0n) is 14.7. The molecule has 6 rings (SSSR count). The van der Waals surface area contributed by atoms with Crippen LogP contribution in [-0.2, 0) is 11.3 Å². The minimum Gasteiger partial charge on any atom is -0.373 e. The third kappa shape index (κ3) is 2.48. The maximum absolute atomic E-state index is 12.7. The first-order chi connectivity index (χ1) is 12.5. The maximum atomic E-state index is 12.7. The first kappa shape index (κ1) is 16.3. The summed E-state index contributed by atoms with van der Waals surface area (Å²) in [4.78, 5) is 13.6. The first-order valence-electron chi connectivity index (χ1n) is 9.07. The highest BCUT2D eigenvalue weighted by atomic mass is 19.3. The molecule has 4 aliphatic rings. The molecule has 0 N–H and O–H groups in total. The summed E-state index contributed by atoms with van der Waals surface area (Å²) in [6, 6.07) is 0. The quantitative estimate of drug-likeness (QED) is 0.820. The van der Waals surface area contributed by atoms with Crippen molar-refractivity contribution in [1.29, 1.82) is 0 Å². The van der Waals surface area contributed by atoms with Crippen molar-refractivity contribution in [3.05, 3.63) is 12.4 Å². The Bertz CT molecular complexity index is 826. The van der Waals surface area contributed by atoms with E-state index in [2.05, 4.69) is 31.8 Å². The monoisotopic (exact) mass is 364 g/mol. The molecule has 1 aliphatic carbocycles. The summed E-state index contributed by atoms with van der Waals surface area (Å²) in [7, 11) is 0. The van der Waals surface area contributed by atoms with E-state index >= 15 is 0 Å². The van der Waals surface area contributed by atoms with E-state index in [-0.39, 0.29) is 11.1 Å². The topological polar surface area (TPSA) is 59.3 Å². The molecule has 0 unspecified atom stereocenters. The number of alkyl halides is 2.